The maximum Gasteiger partial charge on any atom is 0.0174 e. The molecule has 13 heavy (non-hydrogen) atoms. The van der Waals surface area contributed by atoms with Crippen LogP contribution in [-0.2, 0) is 0 Å². The van der Waals surface area contributed by atoms with E-state index in [0.29, 0.717) is 0 Å². The summed E-state index contributed by atoms with van der Waals surface area (Å²) in [7, 11) is 0. The summed E-state index contributed by atoms with van der Waals surface area (Å²) in [5.74, 6) is 2.31. The SMILES string of the molecule is CSCCCC1CCCCCC1Br. The molecule has 0 N–H and O–H groups in total. The second-order valence-electron chi connectivity index (χ2n) is 4.05. The Morgan fingerprint density at radius 3 is 2.77 bits per heavy atom. The third kappa shape index (κ3) is 4.73. The van der Waals surface area contributed by atoms with E-state index in [2.05, 4.69) is 22.2 Å². The third-order valence-electron chi connectivity index (χ3n) is 2.99. The van der Waals surface area contributed by atoms with Crippen molar-refractivity contribution in [1.82, 2.24) is 0 Å². The van der Waals surface area contributed by atoms with Gasteiger partial charge in [0.25, 0.3) is 0 Å². The molecular weight excluding hydrogens is 244 g/mol. The summed E-state index contributed by atoms with van der Waals surface area (Å²) < 4.78 is 0. The summed E-state index contributed by atoms with van der Waals surface area (Å²) >= 11 is 5.83. The van der Waals surface area contributed by atoms with Crippen LogP contribution in [0, 0.1) is 5.92 Å². The molecule has 78 valence electrons. The van der Waals surface area contributed by atoms with Gasteiger partial charge < -0.3 is 0 Å². The quantitative estimate of drug-likeness (QED) is 0.410. The molecule has 1 aliphatic rings. The summed E-state index contributed by atoms with van der Waals surface area (Å²) in [5.41, 5.74) is 0. The average Bonchev–Trinajstić information content (AvgIpc) is 2.32. The molecule has 0 aromatic rings. The minimum Gasteiger partial charge on any atom is -0.165 e. The molecule has 2 unspecified atom stereocenters. The Bertz CT molecular complexity index is 127. The van der Waals surface area contributed by atoms with Crippen LogP contribution in [0.25, 0.3) is 0 Å². The molecule has 0 amide bonds. The van der Waals surface area contributed by atoms with Gasteiger partial charge in [0.15, 0.2) is 0 Å². The Kier molecular flexibility index (Phi) is 6.56. The average molecular weight is 265 g/mol. The predicted molar refractivity (Wildman–Crippen MR) is 66.9 cm³/mol. The molecule has 1 saturated carbocycles. The van der Waals surface area contributed by atoms with Gasteiger partial charge in [-0.05, 0) is 43.6 Å². The number of hydrogen-bond donors (Lipinski definition) is 0. The van der Waals surface area contributed by atoms with Gasteiger partial charge in [-0.3, -0.25) is 0 Å². The first-order chi connectivity index (χ1) is 6.34. The fraction of sp³-hybridized carbons (Fsp3) is 1.00. The van der Waals surface area contributed by atoms with Crippen molar-refractivity contribution in [2.45, 2.75) is 49.8 Å². The molecule has 1 aliphatic carbocycles. The normalized spacial score (nSPS) is 30.0. The lowest BCUT2D eigenvalue weighted by atomic mass is 9.95. The van der Waals surface area contributed by atoms with Gasteiger partial charge in [0.1, 0.15) is 0 Å². The molecule has 0 aromatic heterocycles. The van der Waals surface area contributed by atoms with Crippen LogP contribution in [0.3, 0.4) is 0 Å². The van der Waals surface area contributed by atoms with Gasteiger partial charge >= 0.3 is 0 Å². The molecule has 0 radical (unpaired) electrons. The smallest absolute Gasteiger partial charge is 0.0174 e. The summed E-state index contributed by atoms with van der Waals surface area (Å²) in [6.45, 7) is 0. The van der Waals surface area contributed by atoms with E-state index in [9.17, 15) is 0 Å². The molecule has 0 bridgehead atoms. The highest BCUT2D eigenvalue weighted by Crippen LogP contribution is 2.31. The summed E-state index contributed by atoms with van der Waals surface area (Å²) in [4.78, 5) is 0.817. The first-order valence-electron chi connectivity index (χ1n) is 5.47. The van der Waals surface area contributed by atoms with Crippen molar-refractivity contribution >= 4 is 27.7 Å². The topological polar surface area (TPSA) is 0 Å². The summed E-state index contributed by atoms with van der Waals surface area (Å²) in [6.07, 6.45) is 12.3. The van der Waals surface area contributed by atoms with E-state index >= 15 is 0 Å². The standard InChI is InChI=1S/C11H21BrS/c1-13-9-5-7-10-6-3-2-4-8-11(10)12/h10-11H,2-9H2,1H3. The molecule has 0 spiro atoms. The summed E-state index contributed by atoms with van der Waals surface area (Å²) in [6, 6.07) is 0. The highest BCUT2D eigenvalue weighted by molar-refractivity contribution is 9.09. The van der Waals surface area contributed by atoms with Crippen molar-refractivity contribution in [3.63, 3.8) is 0 Å². The molecule has 2 atom stereocenters. The molecule has 0 saturated heterocycles. The maximum atomic E-state index is 3.85. The van der Waals surface area contributed by atoms with E-state index in [1.165, 1.54) is 50.7 Å². The van der Waals surface area contributed by atoms with Gasteiger partial charge in [-0.15, -0.1) is 0 Å². The predicted octanol–water partition coefficient (Wildman–Crippen LogP) is 4.47. The zero-order chi connectivity index (χ0) is 9.52. The third-order valence-corrected chi connectivity index (χ3v) is 4.89. The zero-order valence-electron chi connectivity index (χ0n) is 8.60. The van der Waals surface area contributed by atoms with E-state index in [1.54, 1.807) is 0 Å². The Morgan fingerprint density at radius 2 is 2.00 bits per heavy atom. The lowest BCUT2D eigenvalue weighted by Gasteiger charge is -2.19. The van der Waals surface area contributed by atoms with Crippen molar-refractivity contribution in [2.75, 3.05) is 12.0 Å². The van der Waals surface area contributed by atoms with Crippen LogP contribution >= 0.6 is 27.7 Å². The maximum absolute atomic E-state index is 3.85. The van der Waals surface area contributed by atoms with Gasteiger partial charge in [0, 0.05) is 4.83 Å². The Labute approximate surface area is 95.4 Å². The number of alkyl halides is 1. The van der Waals surface area contributed by atoms with Gasteiger partial charge in [-0.25, -0.2) is 0 Å². The van der Waals surface area contributed by atoms with E-state index in [-0.39, 0.29) is 0 Å². The summed E-state index contributed by atoms with van der Waals surface area (Å²) in [5, 5.41) is 0. The molecule has 0 nitrogen and oxygen atoms in total. The van der Waals surface area contributed by atoms with Crippen LogP contribution in [0.5, 0.6) is 0 Å². The highest BCUT2D eigenvalue weighted by atomic mass is 79.9. The second kappa shape index (κ2) is 7.17. The van der Waals surface area contributed by atoms with Gasteiger partial charge in [-0.1, -0.05) is 35.2 Å². The molecule has 0 heterocycles. The minimum absolute atomic E-state index is 0.817. The van der Waals surface area contributed by atoms with E-state index in [4.69, 9.17) is 0 Å². The Hall–Kier alpha value is 0.830. The Morgan fingerprint density at radius 1 is 1.23 bits per heavy atom. The lowest BCUT2D eigenvalue weighted by Crippen LogP contribution is -2.12. The van der Waals surface area contributed by atoms with Crippen molar-refractivity contribution < 1.29 is 0 Å². The van der Waals surface area contributed by atoms with E-state index < -0.39 is 0 Å². The van der Waals surface area contributed by atoms with Crippen LogP contribution < -0.4 is 0 Å². The molecule has 0 aliphatic heterocycles. The molecule has 1 rings (SSSR count). The number of rotatable bonds is 4. The van der Waals surface area contributed by atoms with Crippen molar-refractivity contribution in [1.29, 1.82) is 0 Å². The van der Waals surface area contributed by atoms with E-state index in [1.807, 2.05) is 11.8 Å². The van der Waals surface area contributed by atoms with Crippen LogP contribution in [0.2, 0.25) is 0 Å². The van der Waals surface area contributed by atoms with Crippen molar-refractivity contribution in [3.05, 3.63) is 0 Å². The van der Waals surface area contributed by atoms with Crippen LogP contribution in [-0.4, -0.2) is 16.8 Å². The molecular formula is C11H21BrS. The largest absolute Gasteiger partial charge is 0.165 e. The van der Waals surface area contributed by atoms with Crippen molar-refractivity contribution in [3.8, 4) is 0 Å². The second-order valence-corrected chi connectivity index (χ2v) is 6.21. The number of thioether (sulfide) groups is 1. The van der Waals surface area contributed by atoms with Crippen LogP contribution in [0.1, 0.15) is 44.9 Å². The highest BCUT2D eigenvalue weighted by Gasteiger charge is 2.20. The number of halogens is 1. The first kappa shape index (κ1) is 11.9. The van der Waals surface area contributed by atoms with Crippen LogP contribution in [0.15, 0.2) is 0 Å². The van der Waals surface area contributed by atoms with Crippen LogP contribution in [0.4, 0.5) is 0 Å². The fourth-order valence-corrected chi connectivity index (χ4v) is 3.46. The fourth-order valence-electron chi connectivity index (χ4n) is 2.15. The minimum atomic E-state index is 0.817. The van der Waals surface area contributed by atoms with Gasteiger partial charge in [0.2, 0.25) is 0 Å². The molecule has 2 heteroatoms. The first-order valence-corrected chi connectivity index (χ1v) is 7.78. The number of hydrogen-bond acceptors (Lipinski definition) is 1. The van der Waals surface area contributed by atoms with Crippen molar-refractivity contribution in [2.24, 2.45) is 5.92 Å². The monoisotopic (exact) mass is 264 g/mol. The van der Waals surface area contributed by atoms with E-state index in [0.717, 1.165) is 10.7 Å². The zero-order valence-corrected chi connectivity index (χ0v) is 11.0. The Balaban J connectivity index is 2.19. The lowest BCUT2D eigenvalue weighted by molar-refractivity contribution is 0.441. The van der Waals surface area contributed by atoms with Gasteiger partial charge in [0.05, 0.1) is 0 Å². The molecule has 1 fully saturated rings. The molecule has 0 aromatic carbocycles. The van der Waals surface area contributed by atoms with Gasteiger partial charge in [-0.2, -0.15) is 11.8 Å².